The second-order valence-corrected chi connectivity index (χ2v) is 1.66. The summed E-state index contributed by atoms with van der Waals surface area (Å²) in [5, 5.41) is 7.89. The van der Waals surface area contributed by atoms with Crippen LogP contribution < -0.4 is 0 Å². The van der Waals surface area contributed by atoms with Crippen LogP contribution in [0.3, 0.4) is 0 Å². The number of carbonyl (C=O) groups excluding carboxylic acids is 2. The predicted molar refractivity (Wildman–Crippen MR) is 40.2 cm³/mol. The van der Waals surface area contributed by atoms with Crippen molar-refractivity contribution in [1.82, 2.24) is 0 Å². The van der Waals surface area contributed by atoms with Gasteiger partial charge in [-0.05, 0) is 0 Å². The van der Waals surface area contributed by atoms with Crippen molar-refractivity contribution in [2.45, 2.75) is 13.8 Å². The Kier molecular flexibility index (Phi) is 13.2. The van der Waals surface area contributed by atoms with Gasteiger partial charge in [-0.25, -0.2) is 0 Å². The fourth-order valence-electron chi connectivity index (χ4n) is 0.202. The number of ether oxygens (including phenoxy) is 1. The van der Waals surface area contributed by atoms with E-state index in [1.165, 1.54) is 19.2 Å². The van der Waals surface area contributed by atoms with Crippen LogP contribution in [-0.4, -0.2) is 24.4 Å². The molecule has 0 heterocycles. The summed E-state index contributed by atoms with van der Waals surface area (Å²) in [5.41, 5.74) is 0. The van der Waals surface area contributed by atoms with Crippen LogP contribution in [0.1, 0.15) is 13.8 Å². The lowest BCUT2D eigenvalue weighted by molar-refractivity contribution is -0.156. The molecule has 11 heteroatoms. The normalized spacial score (nSPS) is 8.40. The number of nitrogens with zero attached hydrogens (tertiary/aromatic N) is 1. The van der Waals surface area contributed by atoms with Gasteiger partial charge < -0.3 is 27.2 Å². The molecule has 0 bridgehead atoms. The third-order valence-corrected chi connectivity index (χ3v) is 0.287. The van der Waals surface area contributed by atoms with Crippen molar-refractivity contribution in [2.24, 2.45) is 5.34 Å². The van der Waals surface area contributed by atoms with E-state index >= 15 is 0 Å². The molecular weight excluding hydrogens is 229 g/mol. The zero-order valence-electron chi connectivity index (χ0n) is 7.62. The van der Waals surface area contributed by atoms with E-state index in [9.17, 15) is 26.9 Å². The predicted octanol–water partition coefficient (Wildman–Crippen LogP) is 1.54. The van der Waals surface area contributed by atoms with Crippen molar-refractivity contribution in [1.29, 1.82) is 0 Å². The molecule has 0 aliphatic carbocycles. The molecule has 90 valence electrons. The number of carbonyl (C=O) groups is 2. The summed E-state index contributed by atoms with van der Waals surface area (Å²) in [6.45, 7) is 2.36. The Morgan fingerprint density at radius 3 is 1.27 bits per heavy atom. The molecular formula is C4H7BF4NO5-. The van der Waals surface area contributed by atoms with Gasteiger partial charge in [-0.3, -0.25) is 9.59 Å². The van der Waals surface area contributed by atoms with Crippen LogP contribution in [-0.2, 0) is 14.3 Å². The van der Waals surface area contributed by atoms with Crippen LogP contribution in [0.15, 0.2) is 5.34 Å². The fourth-order valence-corrected chi connectivity index (χ4v) is 0.202. The van der Waals surface area contributed by atoms with Gasteiger partial charge in [0.25, 0.3) is 0 Å². The highest BCUT2D eigenvalue weighted by Gasteiger charge is 2.20. The molecule has 6 nitrogen and oxygen atoms in total. The molecule has 0 aromatic carbocycles. The molecule has 0 spiro atoms. The lowest BCUT2D eigenvalue weighted by Crippen LogP contribution is -2.03. The van der Waals surface area contributed by atoms with Gasteiger partial charge in [0.05, 0.1) is 0 Å². The fraction of sp³-hybridized carbons (Fsp3) is 0.500. The first-order valence-corrected chi connectivity index (χ1v) is 3.07. The van der Waals surface area contributed by atoms with E-state index in [-0.39, 0.29) is 0 Å². The minimum atomic E-state index is -6.00. The lowest BCUT2D eigenvalue weighted by atomic mass is 10.3. The first kappa shape index (κ1) is 19.0. The van der Waals surface area contributed by atoms with E-state index in [0.717, 1.165) is 0 Å². The first-order chi connectivity index (χ1) is 6.54. The highest BCUT2D eigenvalue weighted by atomic mass is 19.5. The average molecular weight is 236 g/mol. The zero-order chi connectivity index (χ0) is 13.1. The third-order valence-electron chi connectivity index (χ3n) is 0.287. The van der Waals surface area contributed by atoms with Gasteiger partial charge in [0.1, 0.15) is 0 Å². The summed E-state index contributed by atoms with van der Waals surface area (Å²) < 4.78 is 43.0. The second kappa shape index (κ2) is 10.4. The van der Waals surface area contributed by atoms with Gasteiger partial charge in [-0.1, -0.05) is 0 Å². The average Bonchev–Trinajstić information content (AvgIpc) is 1.79. The van der Waals surface area contributed by atoms with Crippen molar-refractivity contribution in [3.63, 3.8) is 0 Å². The summed E-state index contributed by atoms with van der Waals surface area (Å²) in [7, 11) is -6.00. The van der Waals surface area contributed by atoms with Crippen LogP contribution in [0, 0.1) is 4.91 Å². The molecule has 0 saturated heterocycles. The van der Waals surface area contributed by atoms with Crippen molar-refractivity contribution in [2.75, 3.05) is 0 Å². The summed E-state index contributed by atoms with van der Waals surface area (Å²) >= 11 is 0. The lowest BCUT2D eigenvalue weighted by Gasteiger charge is -1.94. The molecule has 0 aliphatic heterocycles. The summed E-state index contributed by atoms with van der Waals surface area (Å²) in [5.74, 6) is -1.12. The highest BCUT2D eigenvalue weighted by molar-refractivity contribution is 6.50. The Bertz CT molecular complexity index is 190. The van der Waals surface area contributed by atoms with E-state index in [1.807, 2.05) is 0 Å². The Morgan fingerprint density at radius 1 is 1.13 bits per heavy atom. The molecule has 15 heavy (non-hydrogen) atoms. The zero-order valence-corrected chi connectivity index (χ0v) is 7.62. The molecule has 0 radical (unpaired) electrons. The molecule has 0 aromatic heterocycles. The summed E-state index contributed by atoms with van der Waals surface area (Å²) in [4.78, 5) is 27.7. The monoisotopic (exact) mass is 236 g/mol. The molecule has 1 N–H and O–H groups in total. The third kappa shape index (κ3) is 243. The quantitative estimate of drug-likeness (QED) is 0.172. The van der Waals surface area contributed by atoms with Crippen LogP contribution >= 0.6 is 0 Å². The van der Waals surface area contributed by atoms with Crippen molar-refractivity contribution in [3.8, 4) is 0 Å². The molecule has 0 rings (SSSR count). The highest BCUT2D eigenvalue weighted by Crippen LogP contribution is 2.06. The van der Waals surface area contributed by atoms with Crippen molar-refractivity contribution >= 4 is 19.2 Å². The minimum absolute atomic E-state index is 0.562. The number of halogens is 4. The minimum Gasteiger partial charge on any atom is -0.418 e. The van der Waals surface area contributed by atoms with Crippen LogP contribution in [0.2, 0.25) is 0 Å². The van der Waals surface area contributed by atoms with Gasteiger partial charge in [0.15, 0.2) is 5.34 Å². The van der Waals surface area contributed by atoms with E-state index in [4.69, 9.17) is 10.1 Å². The second-order valence-electron chi connectivity index (χ2n) is 1.66. The maximum Gasteiger partial charge on any atom is 0.673 e. The Morgan fingerprint density at radius 2 is 1.27 bits per heavy atom. The maximum atomic E-state index is 9.81. The number of esters is 2. The number of hydrogen-bond acceptors (Lipinski definition) is 5. The Labute approximate surface area is 81.2 Å². The molecule has 0 unspecified atom stereocenters. The number of hydrogen-bond donors (Lipinski definition) is 1. The first-order valence-electron chi connectivity index (χ1n) is 3.07. The summed E-state index contributed by atoms with van der Waals surface area (Å²) in [6, 6.07) is 0. The topological polar surface area (TPSA) is 93.0 Å². The molecule has 0 atom stereocenters. The van der Waals surface area contributed by atoms with Gasteiger partial charge in [0.2, 0.25) is 0 Å². The standard InChI is InChI=1S/C4H6O3.BF4.HNO2/c1-3(5)7-4(2)6;2-1(3,4)5;2-1-3/h1-2H3;;(H,2,3)/q;-1;. The van der Waals surface area contributed by atoms with E-state index in [2.05, 4.69) is 4.74 Å². The van der Waals surface area contributed by atoms with E-state index in [0.29, 0.717) is 0 Å². The number of rotatable bonds is 0. The van der Waals surface area contributed by atoms with Gasteiger partial charge in [-0.15, -0.1) is 4.91 Å². The van der Waals surface area contributed by atoms with E-state index in [1.54, 1.807) is 0 Å². The molecule has 0 aromatic rings. The maximum absolute atomic E-state index is 9.81. The van der Waals surface area contributed by atoms with Gasteiger partial charge in [-0.2, -0.15) is 0 Å². The molecule has 0 saturated carbocycles. The van der Waals surface area contributed by atoms with Crippen LogP contribution in [0.25, 0.3) is 0 Å². The SMILES string of the molecule is CC(=O)OC(C)=O.F[B-](F)(F)F.O=NO. The smallest absolute Gasteiger partial charge is 0.418 e. The Hall–Kier alpha value is -1.68. The summed E-state index contributed by atoms with van der Waals surface area (Å²) in [6.07, 6.45) is 0. The van der Waals surface area contributed by atoms with Crippen LogP contribution in [0.5, 0.6) is 0 Å². The van der Waals surface area contributed by atoms with Gasteiger partial charge >= 0.3 is 19.2 Å². The molecule has 0 amide bonds. The van der Waals surface area contributed by atoms with Crippen molar-refractivity contribution < 1.29 is 36.8 Å². The Balaban J connectivity index is -0.000000158. The molecule has 0 fully saturated rings. The largest absolute Gasteiger partial charge is 0.673 e. The van der Waals surface area contributed by atoms with Crippen LogP contribution in [0.4, 0.5) is 17.3 Å². The van der Waals surface area contributed by atoms with Crippen molar-refractivity contribution in [3.05, 3.63) is 4.91 Å². The molecule has 0 aliphatic rings. The van der Waals surface area contributed by atoms with E-state index < -0.39 is 19.2 Å². The van der Waals surface area contributed by atoms with Gasteiger partial charge in [0, 0.05) is 13.8 Å².